The number of rotatable bonds is 6. The monoisotopic (exact) mass is 302 g/mol. The molecule has 6 heteroatoms. The van der Waals surface area contributed by atoms with Gasteiger partial charge in [0.05, 0.1) is 24.4 Å². The van der Waals surface area contributed by atoms with Gasteiger partial charge in [0.2, 0.25) is 0 Å². The van der Waals surface area contributed by atoms with Gasteiger partial charge in [-0.05, 0) is 31.0 Å². The lowest BCUT2D eigenvalue weighted by Gasteiger charge is -2.20. The number of benzene rings is 1. The van der Waals surface area contributed by atoms with Crippen molar-refractivity contribution in [1.29, 1.82) is 0 Å². The van der Waals surface area contributed by atoms with E-state index in [2.05, 4.69) is 15.7 Å². The number of nitrogens with zero attached hydrogens (tertiary/aromatic N) is 2. The van der Waals surface area contributed by atoms with Gasteiger partial charge in [-0.3, -0.25) is 0 Å². The maximum Gasteiger partial charge on any atom is 0.315 e. The van der Waals surface area contributed by atoms with Crippen molar-refractivity contribution in [3.05, 3.63) is 48.3 Å². The molecule has 2 atom stereocenters. The van der Waals surface area contributed by atoms with Crippen LogP contribution in [-0.4, -0.2) is 33.6 Å². The average molecular weight is 302 g/mol. The van der Waals surface area contributed by atoms with E-state index < -0.39 is 0 Å². The van der Waals surface area contributed by atoms with E-state index in [1.54, 1.807) is 10.9 Å². The molecule has 22 heavy (non-hydrogen) atoms. The number of amides is 2. The first-order chi connectivity index (χ1) is 10.7. The molecule has 0 radical (unpaired) electrons. The van der Waals surface area contributed by atoms with E-state index in [-0.39, 0.29) is 24.7 Å². The van der Waals surface area contributed by atoms with Crippen LogP contribution < -0.4 is 10.6 Å². The summed E-state index contributed by atoms with van der Waals surface area (Å²) < 4.78 is 1.77. The Bertz CT molecular complexity index is 594. The first kappa shape index (κ1) is 16.0. The highest BCUT2D eigenvalue weighted by molar-refractivity contribution is 5.75. The highest BCUT2D eigenvalue weighted by Gasteiger charge is 2.16. The molecule has 2 aromatic rings. The van der Waals surface area contributed by atoms with E-state index in [4.69, 9.17) is 5.11 Å². The second-order valence-electron chi connectivity index (χ2n) is 5.14. The highest BCUT2D eigenvalue weighted by atomic mass is 16.3. The van der Waals surface area contributed by atoms with Crippen molar-refractivity contribution in [2.75, 3.05) is 6.61 Å². The fourth-order valence-corrected chi connectivity index (χ4v) is 2.25. The molecule has 0 aliphatic heterocycles. The maximum atomic E-state index is 12.0. The number of nitrogens with one attached hydrogen (secondary N) is 2. The molecule has 0 spiro atoms. The summed E-state index contributed by atoms with van der Waals surface area (Å²) in [5.74, 6) is 0. The fraction of sp³-hybridized carbons (Fsp3) is 0.375. The summed E-state index contributed by atoms with van der Waals surface area (Å²) in [6.07, 6.45) is 4.27. The van der Waals surface area contributed by atoms with Gasteiger partial charge in [0.25, 0.3) is 0 Å². The number of hydrogen-bond donors (Lipinski definition) is 3. The first-order valence-electron chi connectivity index (χ1n) is 7.42. The van der Waals surface area contributed by atoms with Gasteiger partial charge in [-0.15, -0.1) is 0 Å². The Morgan fingerprint density at radius 2 is 2.09 bits per heavy atom. The number of aliphatic hydroxyl groups excluding tert-OH is 1. The predicted molar refractivity (Wildman–Crippen MR) is 84.8 cm³/mol. The van der Waals surface area contributed by atoms with E-state index >= 15 is 0 Å². The molecule has 0 saturated heterocycles. The molecule has 1 aromatic heterocycles. The van der Waals surface area contributed by atoms with Gasteiger partial charge < -0.3 is 15.7 Å². The van der Waals surface area contributed by atoms with Crippen LogP contribution in [0, 0.1) is 0 Å². The Labute approximate surface area is 130 Å². The zero-order valence-electron chi connectivity index (χ0n) is 12.9. The van der Waals surface area contributed by atoms with E-state index in [9.17, 15) is 4.79 Å². The normalized spacial score (nSPS) is 13.4. The van der Waals surface area contributed by atoms with Gasteiger partial charge in [0.15, 0.2) is 0 Å². The summed E-state index contributed by atoms with van der Waals surface area (Å²) in [6.45, 7) is 3.77. The number of urea groups is 1. The van der Waals surface area contributed by atoms with Crippen molar-refractivity contribution in [3.63, 3.8) is 0 Å². The average Bonchev–Trinajstić information content (AvgIpc) is 3.06. The second kappa shape index (κ2) is 7.61. The summed E-state index contributed by atoms with van der Waals surface area (Å²) in [4.78, 5) is 12.0. The van der Waals surface area contributed by atoms with Crippen LogP contribution in [0.5, 0.6) is 0 Å². The summed E-state index contributed by atoms with van der Waals surface area (Å²) in [5.41, 5.74) is 1.90. The third kappa shape index (κ3) is 3.85. The summed E-state index contributed by atoms with van der Waals surface area (Å²) in [7, 11) is 0. The quantitative estimate of drug-likeness (QED) is 0.763. The third-order valence-electron chi connectivity index (χ3n) is 3.55. The Hall–Kier alpha value is -2.34. The lowest BCUT2D eigenvalue weighted by molar-refractivity contribution is 0.212. The minimum absolute atomic E-state index is 0.0673. The molecular formula is C16H22N4O2. The first-order valence-corrected chi connectivity index (χ1v) is 7.42. The molecule has 2 rings (SSSR count). The molecule has 2 amide bonds. The fourth-order valence-electron chi connectivity index (χ4n) is 2.25. The highest BCUT2D eigenvalue weighted by Crippen LogP contribution is 2.20. The van der Waals surface area contributed by atoms with Gasteiger partial charge in [-0.25, -0.2) is 9.48 Å². The maximum absolute atomic E-state index is 12.0. The number of hydrogen-bond acceptors (Lipinski definition) is 3. The lowest BCUT2D eigenvalue weighted by atomic mass is 10.1. The van der Waals surface area contributed by atoms with Crippen LogP contribution in [0.25, 0.3) is 5.69 Å². The van der Waals surface area contributed by atoms with Crippen LogP contribution in [0.15, 0.2) is 42.7 Å². The smallest absolute Gasteiger partial charge is 0.315 e. The Balaban J connectivity index is 2.10. The molecule has 0 aliphatic rings. The minimum atomic E-state index is -0.288. The van der Waals surface area contributed by atoms with Crippen LogP contribution in [-0.2, 0) is 0 Å². The van der Waals surface area contributed by atoms with Crippen LogP contribution in [0.2, 0.25) is 0 Å². The molecular weight excluding hydrogens is 280 g/mol. The molecule has 0 fully saturated rings. The molecule has 118 valence electrons. The zero-order valence-corrected chi connectivity index (χ0v) is 12.9. The largest absolute Gasteiger partial charge is 0.394 e. The van der Waals surface area contributed by atoms with E-state index in [1.165, 1.54) is 0 Å². The third-order valence-corrected chi connectivity index (χ3v) is 3.55. The zero-order chi connectivity index (χ0) is 15.9. The van der Waals surface area contributed by atoms with Crippen molar-refractivity contribution in [3.8, 4) is 5.69 Å². The lowest BCUT2D eigenvalue weighted by Crippen LogP contribution is -2.44. The number of aromatic nitrogens is 2. The minimum Gasteiger partial charge on any atom is -0.394 e. The van der Waals surface area contributed by atoms with Gasteiger partial charge in [0, 0.05) is 12.4 Å². The van der Waals surface area contributed by atoms with Gasteiger partial charge in [-0.2, -0.15) is 5.10 Å². The number of carbonyl (C=O) groups excluding carboxylic acids is 1. The van der Waals surface area contributed by atoms with Crippen LogP contribution in [0.3, 0.4) is 0 Å². The molecule has 3 N–H and O–H groups in total. The molecule has 1 aromatic carbocycles. The Morgan fingerprint density at radius 1 is 1.32 bits per heavy atom. The predicted octanol–water partition coefficient (Wildman–Crippen LogP) is 2.00. The molecule has 6 nitrogen and oxygen atoms in total. The van der Waals surface area contributed by atoms with E-state index in [0.717, 1.165) is 11.3 Å². The molecule has 0 bridgehead atoms. The van der Waals surface area contributed by atoms with Crippen LogP contribution in [0.4, 0.5) is 4.79 Å². The Kier molecular flexibility index (Phi) is 5.55. The number of aliphatic hydroxyl groups is 1. The van der Waals surface area contributed by atoms with Crippen molar-refractivity contribution in [2.45, 2.75) is 32.4 Å². The summed E-state index contributed by atoms with van der Waals surface area (Å²) in [6, 6.07) is 8.95. The van der Waals surface area contributed by atoms with E-state index in [0.29, 0.717) is 6.42 Å². The molecule has 2 unspecified atom stereocenters. The topological polar surface area (TPSA) is 79.2 Å². The SMILES string of the molecule is CCC(CO)NC(=O)NC(C)c1ccccc1-n1cccn1. The van der Waals surface area contributed by atoms with Gasteiger partial charge in [-0.1, -0.05) is 25.1 Å². The molecule has 0 aliphatic carbocycles. The van der Waals surface area contributed by atoms with Crippen molar-refractivity contribution >= 4 is 6.03 Å². The number of para-hydroxylation sites is 1. The standard InChI is InChI=1S/C16H22N4O2/c1-3-13(11-21)19-16(22)18-12(2)14-7-4-5-8-15(14)20-10-6-9-17-20/h4-10,12-13,21H,3,11H2,1-2H3,(H2,18,19,22). The van der Waals surface area contributed by atoms with Gasteiger partial charge in [0.1, 0.15) is 0 Å². The molecule has 1 heterocycles. The van der Waals surface area contributed by atoms with Crippen molar-refractivity contribution in [2.24, 2.45) is 0 Å². The van der Waals surface area contributed by atoms with E-state index in [1.807, 2.05) is 50.4 Å². The van der Waals surface area contributed by atoms with Crippen LogP contribution >= 0.6 is 0 Å². The van der Waals surface area contributed by atoms with Crippen molar-refractivity contribution in [1.82, 2.24) is 20.4 Å². The van der Waals surface area contributed by atoms with Crippen molar-refractivity contribution < 1.29 is 9.90 Å². The number of carbonyl (C=O) groups is 1. The molecule has 0 saturated carbocycles. The van der Waals surface area contributed by atoms with Gasteiger partial charge >= 0.3 is 6.03 Å². The second-order valence-corrected chi connectivity index (χ2v) is 5.14. The Morgan fingerprint density at radius 3 is 2.73 bits per heavy atom. The van der Waals surface area contributed by atoms with Crippen LogP contribution in [0.1, 0.15) is 31.9 Å². The summed E-state index contributed by atoms with van der Waals surface area (Å²) in [5, 5.41) is 19.0. The summed E-state index contributed by atoms with van der Waals surface area (Å²) >= 11 is 0.